The molecule has 0 atom stereocenters. The quantitative estimate of drug-likeness (QED) is 0.781. The number of hydrogen-bond acceptors (Lipinski definition) is 4. The van der Waals surface area contributed by atoms with Crippen LogP contribution in [0.15, 0.2) is 11.4 Å². The predicted octanol–water partition coefficient (Wildman–Crippen LogP) is 2.75. The molecule has 1 aromatic rings. The number of esters is 1. The van der Waals surface area contributed by atoms with Crippen molar-refractivity contribution in [2.45, 2.75) is 26.8 Å². The van der Waals surface area contributed by atoms with E-state index in [4.69, 9.17) is 4.74 Å². The molecule has 0 aliphatic carbocycles. The third-order valence-electron chi connectivity index (χ3n) is 1.58. The van der Waals surface area contributed by atoms with Crippen LogP contribution in [0.2, 0.25) is 0 Å². The standard InChI is InChI=1S/C10H15NO2S/c1-4-13-10(12)8-5-6-14-9(8)11-7(2)3/h5-7,11H,4H2,1-3H3. The number of rotatable bonds is 4. The second-order valence-electron chi connectivity index (χ2n) is 3.18. The Morgan fingerprint density at radius 2 is 2.36 bits per heavy atom. The van der Waals surface area contributed by atoms with E-state index in [-0.39, 0.29) is 5.97 Å². The highest BCUT2D eigenvalue weighted by Crippen LogP contribution is 2.24. The van der Waals surface area contributed by atoms with Gasteiger partial charge in [-0.3, -0.25) is 0 Å². The molecule has 0 saturated heterocycles. The van der Waals surface area contributed by atoms with E-state index in [2.05, 4.69) is 5.32 Å². The van der Waals surface area contributed by atoms with E-state index in [0.717, 1.165) is 5.00 Å². The van der Waals surface area contributed by atoms with E-state index in [1.165, 1.54) is 11.3 Å². The summed E-state index contributed by atoms with van der Waals surface area (Å²) in [5.41, 5.74) is 0.630. The van der Waals surface area contributed by atoms with Crippen LogP contribution in [0, 0.1) is 0 Å². The number of hydrogen-bond donors (Lipinski definition) is 1. The van der Waals surface area contributed by atoms with Crippen molar-refractivity contribution in [1.29, 1.82) is 0 Å². The van der Waals surface area contributed by atoms with Gasteiger partial charge in [0, 0.05) is 6.04 Å². The first-order valence-corrected chi connectivity index (χ1v) is 5.54. The van der Waals surface area contributed by atoms with E-state index < -0.39 is 0 Å². The first kappa shape index (κ1) is 11.0. The summed E-state index contributed by atoms with van der Waals surface area (Å²) in [5.74, 6) is -0.253. The maximum absolute atomic E-state index is 11.5. The highest BCUT2D eigenvalue weighted by atomic mass is 32.1. The molecule has 0 saturated carbocycles. The zero-order valence-electron chi connectivity index (χ0n) is 8.66. The number of carbonyl (C=O) groups is 1. The molecule has 4 heteroatoms. The van der Waals surface area contributed by atoms with Gasteiger partial charge < -0.3 is 10.1 Å². The zero-order chi connectivity index (χ0) is 10.6. The lowest BCUT2D eigenvalue weighted by Crippen LogP contribution is -2.12. The molecule has 1 N–H and O–H groups in total. The van der Waals surface area contributed by atoms with Crippen molar-refractivity contribution in [2.75, 3.05) is 11.9 Å². The van der Waals surface area contributed by atoms with Crippen molar-refractivity contribution >= 4 is 22.3 Å². The molecule has 0 aliphatic heterocycles. The van der Waals surface area contributed by atoms with Crippen LogP contribution in [-0.2, 0) is 4.74 Å². The van der Waals surface area contributed by atoms with Crippen LogP contribution in [0.3, 0.4) is 0 Å². The second kappa shape index (κ2) is 5.00. The second-order valence-corrected chi connectivity index (χ2v) is 4.10. The summed E-state index contributed by atoms with van der Waals surface area (Å²) in [7, 11) is 0. The number of ether oxygens (including phenoxy) is 1. The summed E-state index contributed by atoms with van der Waals surface area (Å²) in [4.78, 5) is 11.5. The summed E-state index contributed by atoms with van der Waals surface area (Å²) in [6.07, 6.45) is 0. The molecule has 0 fully saturated rings. The molecule has 78 valence electrons. The molecule has 3 nitrogen and oxygen atoms in total. The number of carbonyl (C=O) groups excluding carboxylic acids is 1. The lowest BCUT2D eigenvalue weighted by Gasteiger charge is -2.09. The van der Waals surface area contributed by atoms with Crippen LogP contribution in [0.5, 0.6) is 0 Å². The maximum Gasteiger partial charge on any atom is 0.341 e. The fraction of sp³-hybridized carbons (Fsp3) is 0.500. The van der Waals surface area contributed by atoms with Crippen molar-refractivity contribution in [1.82, 2.24) is 0 Å². The molecule has 0 radical (unpaired) electrons. The Bertz CT molecular complexity index is 307. The Morgan fingerprint density at radius 3 is 2.93 bits per heavy atom. The minimum Gasteiger partial charge on any atom is -0.462 e. The topological polar surface area (TPSA) is 38.3 Å². The van der Waals surface area contributed by atoms with E-state index >= 15 is 0 Å². The van der Waals surface area contributed by atoms with Gasteiger partial charge in [0.05, 0.1) is 12.2 Å². The zero-order valence-corrected chi connectivity index (χ0v) is 9.48. The smallest absolute Gasteiger partial charge is 0.341 e. The first-order valence-electron chi connectivity index (χ1n) is 4.66. The number of thiophene rings is 1. The normalized spacial score (nSPS) is 10.3. The Labute approximate surface area is 88.1 Å². The van der Waals surface area contributed by atoms with Gasteiger partial charge >= 0.3 is 5.97 Å². The van der Waals surface area contributed by atoms with E-state index in [9.17, 15) is 4.79 Å². The van der Waals surface area contributed by atoms with E-state index in [0.29, 0.717) is 18.2 Å². The Hall–Kier alpha value is -1.03. The van der Waals surface area contributed by atoms with Gasteiger partial charge in [-0.2, -0.15) is 0 Å². The molecule has 0 aromatic carbocycles. The molecule has 0 bridgehead atoms. The van der Waals surface area contributed by atoms with Gasteiger partial charge in [-0.15, -0.1) is 11.3 Å². The Balaban J connectivity index is 2.76. The van der Waals surface area contributed by atoms with Crippen LogP contribution in [0.25, 0.3) is 0 Å². The molecule has 1 heterocycles. The van der Waals surface area contributed by atoms with Crippen molar-refractivity contribution in [2.24, 2.45) is 0 Å². The van der Waals surface area contributed by atoms with Gasteiger partial charge in [0.1, 0.15) is 5.00 Å². The minimum atomic E-state index is -0.253. The average molecular weight is 213 g/mol. The lowest BCUT2D eigenvalue weighted by atomic mass is 10.3. The van der Waals surface area contributed by atoms with Crippen molar-refractivity contribution in [3.63, 3.8) is 0 Å². The Morgan fingerprint density at radius 1 is 1.64 bits per heavy atom. The van der Waals surface area contributed by atoms with Crippen molar-refractivity contribution in [3.8, 4) is 0 Å². The summed E-state index contributed by atoms with van der Waals surface area (Å²) in [5, 5.41) is 5.98. The van der Waals surface area contributed by atoms with Crippen LogP contribution in [-0.4, -0.2) is 18.6 Å². The predicted molar refractivity (Wildman–Crippen MR) is 59.0 cm³/mol. The van der Waals surface area contributed by atoms with Crippen LogP contribution in [0.1, 0.15) is 31.1 Å². The van der Waals surface area contributed by atoms with Gasteiger partial charge in [0.15, 0.2) is 0 Å². The summed E-state index contributed by atoms with van der Waals surface area (Å²) < 4.78 is 4.94. The molecule has 0 spiro atoms. The highest BCUT2D eigenvalue weighted by Gasteiger charge is 2.13. The van der Waals surface area contributed by atoms with Crippen LogP contribution >= 0.6 is 11.3 Å². The molecule has 0 amide bonds. The van der Waals surface area contributed by atoms with E-state index in [1.54, 1.807) is 13.0 Å². The SMILES string of the molecule is CCOC(=O)c1ccsc1NC(C)C. The summed E-state index contributed by atoms with van der Waals surface area (Å²) in [6.45, 7) is 6.29. The number of nitrogens with one attached hydrogen (secondary N) is 1. The highest BCUT2D eigenvalue weighted by molar-refractivity contribution is 7.14. The first-order chi connectivity index (χ1) is 6.65. The van der Waals surface area contributed by atoms with Gasteiger partial charge in [0.2, 0.25) is 0 Å². The summed E-state index contributed by atoms with van der Waals surface area (Å²) in [6, 6.07) is 2.11. The van der Waals surface area contributed by atoms with E-state index in [1.807, 2.05) is 19.2 Å². The summed E-state index contributed by atoms with van der Waals surface area (Å²) >= 11 is 1.52. The number of anilines is 1. The van der Waals surface area contributed by atoms with Crippen LogP contribution < -0.4 is 5.32 Å². The van der Waals surface area contributed by atoms with Gasteiger partial charge in [-0.1, -0.05) is 0 Å². The fourth-order valence-corrected chi connectivity index (χ4v) is 1.98. The third kappa shape index (κ3) is 2.73. The Kier molecular flexibility index (Phi) is 3.95. The van der Waals surface area contributed by atoms with Crippen LogP contribution in [0.4, 0.5) is 5.00 Å². The third-order valence-corrected chi connectivity index (χ3v) is 2.43. The molecule has 1 aromatic heterocycles. The lowest BCUT2D eigenvalue weighted by molar-refractivity contribution is 0.0528. The van der Waals surface area contributed by atoms with Gasteiger partial charge in [-0.05, 0) is 32.2 Å². The van der Waals surface area contributed by atoms with Gasteiger partial charge in [-0.25, -0.2) is 4.79 Å². The molecule has 0 unspecified atom stereocenters. The molecule has 1 rings (SSSR count). The van der Waals surface area contributed by atoms with Gasteiger partial charge in [0.25, 0.3) is 0 Å². The molecule has 14 heavy (non-hydrogen) atoms. The van der Waals surface area contributed by atoms with Crippen molar-refractivity contribution in [3.05, 3.63) is 17.0 Å². The maximum atomic E-state index is 11.5. The molecular weight excluding hydrogens is 198 g/mol. The van der Waals surface area contributed by atoms with Crippen molar-refractivity contribution < 1.29 is 9.53 Å². The molecule has 0 aliphatic rings. The monoisotopic (exact) mass is 213 g/mol. The fourth-order valence-electron chi connectivity index (χ4n) is 1.05. The molecular formula is C10H15NO2S. The minimum absolute atomic E-state index is 0.253. The largest absolute Gasteiger partial charge is 0.462 e. The average Bonchev–Trinajstić information content (AvgIpc) is 2.51.